The third-order valence-electron chi connectivity index (χ3n) is 3.49. The molecule has 0 atom stereocenters. The molecule has 0 spiro atoms. The van der Waals surface area contributed by atoms with Crippen LogP contribution in [0.2, 0.25) is 10.0 Å². The van der Waals surface area contributed by atoms with Gasteiger partial charge in [0.05, 0.1) is 15.7 Å². The summed E-state index contributed by atoms with van der Waals surface area (Å²) >= 11 is 12.2. The lowest BCUT2D eigenvalue weighted by Crippen LogP contribution is -2.06. The number of anilines is 5. The second-order valence-electron chi connectivity index (χ2n) is 5.15. The number of nitrogen functional groups attached to an aromatic ring is 1. The number of para-hydroxylation sites is 1. The van der Waals surface area contributed by atoms with E-state index in [2.05, 4.69) is 20.6 Å². The monoisotopic (exact) mass is 359 g/mol. The number of nitrogens with zero attached hydrogens (tertiary/aromatic N) is 2. The van der Waals surface area contributed by atoms with Crippen LogP contribution in [0.5, 0.6) is 0 Å². The Balaban J connectivity index is 1.91. The van der Waals surface area contributed by atoms with Crippen molar-refractivity contribution in [3.63, 3.8) is 0 Å². The molecule has 0 unspecified atom stereocenters. The first kappa shape index (κ1) is 16.4. The molecule has 0 bridgehead atoms. The first-order valence-corrected chi connectivity index (χ1v) is 7.96. The van der Waals surface area contributed by atoms with E-state index in [4.69, 9.17) is 28.9 Å². The van der Waals surface area contributed by atoms with Crippen molar-refractivity contribution >= 4 is 51.9 Å². The topological polar surface area (TPSA) is 75.9 Å². The molecule has 122 valence electrons. The van der Waals surface area contributed by atoms with Crippen LogP contribution < -0.4 is 16.4 Å². The molecular weight excluding hydrogens is 345 g/mol. The van der Waals surface area contributed by atoms with Crippen LogP contribution in [0.15, 0.2) is 48.8 Å². The minimum atomic E-state index is 0.386. The molecule has 0 saturated carbocycles. The molecule has 7 heteroatoms. The predicted octanol–water partition coefficient (Wildman–Crippen LogP) is 5.16. The highest BCUT2D eigenvalue weighted by Crippen LogP contribution is 2.34. The molecule has 0 aliphatic rings. The van der Waals surface area contributed by atoms with Crippen molar-refractivity contribution in [2.24, 2.45) is 0 Å². The third kappa shape index (κ3) is 3.37. The van der Waals surface area contributed by atoms with E-state index in [9.17, 15) is 0 Å². The minimum absolute atomic E-state index is 0.386. The highest BCUT2D eigenvalue weighted by molar-refractivity contribution is 6.43. The van der Waals surface area contributed by atoms with Gasteiger partial charge in [0.2, 0.25) is 0 Å². The van der Waals surface area contributed by atoms with Gasteiger partial charge in [-0.05, 0) is 30.7 Å². The van der Waals surface area contributed by atoms with Gasteiger partial charge in [-0.2, -0.15) is 0 Å². The standard InChI is InChI=1S/C17H15Cl2N5/c1-10-5-2-3-7-12(10)23-16-15(20)17(22-9-21-16)24-13-8-4-6-11(18)14(13)19/h2-9H,20H2,1H3,(H2,21,22,23,24). The van der Waals surface area contributed by atoms with Crippen molar-refractivity contribution in [3.8, 4) is 0 Å². The summed E-state index contributed by atoms with van der Waals surface area (Å²) in [6.07, 6.45) is 1.43. The Hall–Kier alpha value is -2.50. The van der Waals surface area contributed by atoms with Crippen molar-refractivity contribution in [3.05, 3.63) is 64.4 Å². The maximum atomic E-state index is 6.19. The fourth-order valence-corrected chi connectivity index (χ4v) is 2.51. The summed E-state index contributed by atoms with van der Waals surface area (Å²) in [5, 5.41) is 7.17. The third-order valence-corrected chi connectivity index (χ3v) is 4.31. The quantitative estimate of drug-likeness (QED) is 0.599. The molecule has 24 heavy (non-hydrogen) atoms. The number of benzene rings is 2. The summed E-state index contributed by atoms with van der Waals surface area (Å²) in [4.78, 5) is 8.39. The lowest BCUT2D eigenvalue weighted by Gasteiger charge is -2.14. The summed E-state index contributed by atoms with van der Waals surface area (Å²) < 4.78 is 0. The highest BCUT2D eigenvalue weighted by Gasteiger charge is 2.12. The van der Waals surface area contributed by atoms with Crippen LogP contribution in [0, 0.1) is 6.92 Å². The molecule has 0 fully saturated rings. The van der Waals surface area contributed by atoms with Gasteiger partial charge in [0.15, 0.2) is 11.6 Å². The first-order chi connectivity index (χ1) is 11.6. The van der Waals surface area contributed by atoms with Gasteiger partial charge in [0, 0.05) is 5.69 Å². The molecule has 0 amide bonds. The molecule has 4 N–H and O–H groups in total. The highest BCUT2D eigenvalue weighted by atomic mass is 35.5. The normalized spacial score (nSPS) is 10.5. The second-order valence-corrected chi connectivity index (χ2v) is 5.94. The van der Waals surface area contributed by atoms with Crippen LogP contribution in [0.1, 0.15) is 5.56 Å². The van der Waals surface area contributed by atoms with Crippen molar-refractivity contribution < 1.29 is 0 Å². The Kier molecular flexibility index (Phi) is 4.74. The minimum Gasteiger partial charge on any atom is -0.393 e. The van der Waals surface area contributed by atoms with Gasteiger partial charge in [-0.15, -0.1) is 0 Å². The number of aryl methyl sites for hydroxylation is 1. The lowest BCUT2D eigenvalue weighted by atomic mass is 10.2. The predicted molar refractivity (Wildman–Crippen MR) is 101 cm³/mol. The van der Waals surface area contributed by atoms with Gasteiger partial charge in [0.25, 0.3) is 0 Å². The van der Waals surface area contributed by atoms with Crippen molar-refractivity contribution in [1.82, 2.24) is 9.97 Å². The van der Waals surface area contributed by atoms with E-state index < -0.39 is 0 Å². The van der Waals surface area contributed by atoms with Gasteiger partial charge >= 0.3 is 0 Å². The molecule has 0 aliphatic carbocycles. The van der Waals surface area contributed by atoms with Crippen LogP contribution in [-0.4, -0.2) is 9.97 Å². The van der Waals surface area contributed by atoms with E-state index in [1.165, 1.54) is 6.33 Å². The number of halogens is 2. The largest absolute Gasteiger partial charge is 0.393 e. The molecule has 3 rings (SSSR count). The van der Waals surface area contributed by atoms with E-state index in [0.29, 0.717) is 33.1 Å². The maximum absolute atomic E-state index is 6.19. The SMILES string of the molecule is Cc1ccccc1Nc1ncnc(Nc2cccc(Cl)c2Cl)c1N. The van der Waals surface area contributed by atoms with Crippen molar-refractivity contribution in [2.45, 2.75) is 6.92 Å². The Morgan fingerprint density at radius 1 is 0.875 bits per heavy atom. The molecule has 0 aliphatic heterocycles. The Labute approximate surface area is 149 Å². The van der Waals surface area contributed by atoms with Crippen LogP contribution in [0.3, 0.4) is 0 Å². The number of rotatable bonds is 4. The van der Waals surface area contributed by atoms with E-state index in [1.807, 2.05) is 31.2 Å². The van der Waals surface area contributed by atoms with Crippen molar-refractivity contribution in [1.29, 1.82) is 0 Å². The molecule has 5 nitrogen and oxygen atoms in total. The number of nitrogens with one attached hydrogen (secondary N) is 2. The summed E-state index contributed by atoms with van der Waals surface area (Å²) in [7, 11) is 0. The fraction of sp³-hybridized carbons (Fsp3) is 0.0588. The Morgan fingerprint density at radius 3 is 2.21 bits per heavy atom. The molecule has 0 radical (unpaired) electrons. The van der Waals surface area contributed by atoms with E-state index >= 15 is 0 Å². The van der Waals surface area contributed by atoms with E-state index in [0.717, 1.165) is 11.3 Å². The maximum Gasteiger partial charge on any atom is 0.159 e. The molecule has 2 aromatic carbocycles. The molecular formula is C17H15Cl2N5. The van der Waals surface area contributed by atoms with E-state index in [1.54, 1.807) is 18.2 Å². The van der Waals surface area contributed by atoms with Crippen LogP contribution in [-0.2, 0) is 0 Å². The summed E-state index contributed by atoms with van der Waals surface area (Å²) in [6.45, 7) is 2.00. The Bertz CT molecular complexity index is 883. The average molecular weight is 360 g/mol. The van der Waals surface area contributed by atoms with Crippen LogP contribution in [0.4, 0.5) is 28.7 Å². The van der Waals surface area contributed by atoms with Crippen molar-refractivity contribution in [2.75, 3.05) is 16.4 Å². The van der Waals surface area contributed by atoms with Gasteiger partial charge in [-0.3, -0.25) is 0 Å². The van der Waals surface area contributed by atoms with Crippen LogP contribution in [0.25, 0.3) is 0 Å². The molecule has 3 aromatic rings. The number of aromatic nitrogens is 2. The van der Waals surface area contributed by atoms with Gasteiger partial charge in [-0.1, -0.05) is 47.5 Å². The smallest absolute Gasteiger partial charge is 0.159 e. The van der Waals surface area contributed by atoms with Crippen LogP contribution >= 0.6 is 23.2 Å². The molecule has 1 heterocycles. The Morgan fingerprint density at radius 2 is 1.50 bits per heavy atom. The number of hydrogen-bond acceptors (Lipinski definition) is 5. The zero-order chi connectivity index (χ0) is 17.1. The lowest BCUT2D eigenvalue weighted by molar-refractivity contribution is 1.17. The summed E-state index contributed by atoms with van der Waals surface area (Å²) in [6, 6.07) is 13.2. The number of nitrogens with two attached hydrogens (primary N) is 1. The molecule has 0 saturated heterocycles. The van der Waals surface area contributed by atoms with Gasteiger partial charge in [-0.25, -0.2) is 9.97 Å². The second kappa shape index (κ2) is 6.95. The zero-order valence-corrected chi connectivity index (χ0v) is 14.4. The zero-order valence-electron chi connectivity index (χ0n) is 12.8. The van der Waals surface area contributed by atoms with Gasteiger partial charge < -0.3 is 16.4 Å². The summed E-state index contributed by atoms with van der Waals surface area (Å²) in [5.74, 6) is 0.963. The molecule has 1 aromatic heterocycles. The fourth-order valence-electron chi connectivity index (χ4n) is 2.16. The first-order valence-electron chi connectivity index (χ1n) is 7.20. The number of hydrogen-bond donors (Lipinski definition) is 3. The van der Waals surface area contributed by atoms with E-state index in [-0.39, 0.29) is 0 Å². The van der Waals surface area contributed by atoms with Gasteiger partial charge in [0.1, 0.15) is 12.0 Å². The summed E-state index contributed by atoms with van der Waals surface area (Å²) in [5.41, 5.74) is 9.21. The average Bonchev–Trinajstić information content (AvgIpc) is 2.57.